The van der Waals surface area contributed by atoms with Gasteiger partial charge in [0.1, 0.15) is 36.3 Å². The van der Waals surface area contributed by atoms with E-state index in [4.69, 9.17) is 9.47 Å². The third-order valence-corrected chi connectivity index (χ3v) is 5.10. The molecule has 1 saturated heterocycles. The molecule has 0 atom stereocenters. The Balaban J connectivity index is 1.38. The fraction of sp³-hybridized carbons (Fsp3) is 0.350. The molecule has 1 amide bonds. The van der Waals surface area contributed by atoms with Crippen LogP contribution in [0.5, 0.6) is 11.5 Å². The van der Waals surface area contributed by atoms with Gasteiger partial charge >= 0.3 is 0 Å². The Bertz CT molecular complexity index is 979. The van der Waals surface area contributed by atoms with Crippen LogP contribution in [0.1, 0.15) is 12.8 Å². The summed E-state index contributed by atoms with van der Waals surface area (Å²) in [4.78, 5) is 27.5. The molecule has 2 aromatic heterocycles. The molecule has 0 bridgehead atoms. The van der Waals surface area contributed by atoms with Crippen LogP contribution in [0.3, 0.4) is 0 Å². The van der Waals surface area contributed by atoms with E-state index in [1.807, 2.05) is 6.07 Å². The average molecular weight is 409 g/mol. The normalized spacial score (nSPS) is 14.4. The summed E-state index contributed by atoms with van der Waals surface area (Å²) < 4.78 is 12.1. The number of methoxy groups -OCH3 is 2. The van der Waals surface area contributed by atoms with Gasteiger partial charge in [0.05, 0.1) is 14.2 Å². The predicted molar refractivity (Wildman–Crippen MR) is 110 cm³/mol. The van der Waals surface area contributed by atoms with E-state index >= 15 is 0 Å². The Morgan fingerprint density at radius 3 is 2.33 bits per heavy atom. The molecule has 10 heteroatoms. The zero-order valence-corrected chi connectivity index (χ0v) is 16.9. The van der Waals surface area contributed by atoms with Gasteiger partial charge in [-0.1, -0.05) is 0 Å². The van der Waals surface area contributed by atoms with Crippen molar-refractivity contribution >= 4 is 17.4 Å². The van der Waals surface area contributed by atoms with Crippen molar-refractivity contribution in [1.29, 1.82) is 0 Å². The van der Waals surface area contributed by atoms with Crippen LogP contribution in [-0.2, 0) is 4.79 Å². The van der Waals surface area contributed by atoms with Gasteiger partial charge in [-0.15, -0.1) is 0 Å². The van der Waals surface area contributed by atoms with Gasteiger partial charge in [-0.25, -0.2) is 19.6 Å². The van der Waals surface area contributed by atoms with Gasteiger partial charge in [0, 0.05) is 49.0 Å². The molecule has 0 saturated carbocycles. The van der Waals surface area contributed by atoms with Crippen LogP contribution < -0.4 is 19.7 Å². The zero-order valence-electron chi connectivity index (χ0n) is 16.9. The molecular weight excluding hydrogens is 386 g/mol. The van der Waals surface area contributed by atoms with Gasteiger partial charge in [-0.05, 0) is 12.8 Å². The summed E-state index contributed by atoms with van der Waals surface area (Å²) >= 11 is 0. The average Bonchev–Trinajstić information content (AvgIpc) is 3.34. The summed E-state index contributed by atoms with van der Waals surface area (Å²) in [7, 11) is 3.16. The number of benzene rings is 1. The Morgan fingerprint density at radius 2 is 1.70 bits per heavy atom. The number of amides is 1. The van der Waals surface area contributed by atoms with Crippen molar-refractivity contribution < 1.29 is 14.3 Å². The summed E-state index contributed by atoms with van der Waals surface area (Å²) in [5.74, 6) is 2.65. The van der Waals surface area contributed by atoms with E-state index in [1.54, 1.807) is 43.4 Å². The molecule has 3 aromatic rings. The smallest absolute Gasteiger partial charge is 0.227 e. The van der Waals surface area contributed by atoms with E-state index in [0.717, 1.165) is 31.7 Å². The Labute approximate surface area is 173 Å². The van der Waals surface area contributed by atoms with E-state index in [9.17, 15) is 4.79 Å². The molecule has 0 spiro atoms. The van der Waals surface area contributed by atoms with Crippen molar-refractivity contribution in [2.75, 3.05) is 37.5 Å². The number of nitrogens with zero attached hydrogens (tertiary/aromatic N) is 6. The summed E-state index contributed by atoms with van der Waals surface area (Å²) in [5, 5.41) is 7.08. The molecule has 0 aliphatic carbocycles. The van der Waals surface area contributed by atoms with Gasteiger partial charge in [0.2, 0.25) is 5.91 Å². The van der Waals surface area contributed by atoms with Gasteiger partial charge < -0.3 is 19.7 Å². The molecule has 0 unspecified atom stereocenters. The monoisotopic (exact) mass is 409 g/mol. The minimum absolute atomic E-state index is 0.00375. The first-order valence-corrected chi connectivity index (χ1v) is 9.62. The van der Waals surface area contributed by atoms with E-state index in [2.05, 4.69) is 30.3 Å². The summed E-state index contributed by atoms with van der Waals surface area (Å²) in [6.07, 6.45) is 6.03. The lowest BCUT2D eigenvalue weighted by Crippen LogP contribution is -2.38. The molecule has 3 heterocycles. The van der Waals surface area contributed by atoms with Gasteiger partial charge in [-0.2, -0.15) is 5.10 Å². The summed E-state index contributed by atoms with van der Waals surface area (Å²) in [6, 6.07) is 7.20. The molecular formula is C20H23N7O3. The maximum atomic E-state index is 12.8. The fourth-order valence-corrected chi connectivity index (χ4v) is 3.46. The molecule has 1 aromatic carbocycles. The predicted octanol–water partition coefficient (Wildman–Crippen LogP) is 1.93. The van der Waals surface area contributed by atoms with Gasteiger partial charge in [0.15, 0.2) is 5.82 Å². The SMILES string of the molecule is COc1cc(NC(=O)C2CCN(c3cc(-n4cncn4)ncn3)CC2)cc(OC)c1. The second-order valence-corrected chi connectivity index (χ2v) is 6.93. The van der Waals surface area contributed by atoms with E-state index < -0.39 is 0 Å². The Hall–Kier alpha value is -3.69. The third-order valence-electron chi connectivity index (χ3n) is 5.10. The minimum Gasteiger partial charge on any atom is -0.497 e. The summed E-state index contributed by atoms with van der Waals surface area (Å²) in [5.41, 5.74) is 0.659. The molecule has 0 radical (unpaired) electrons. The Morgan fingerprint density at radius 1 is 1.00 bits per heavy atom. The van der Waals surface area contributed by atoms with Gasteiger partial charge in [-0.3, -0.25) is 4.79 Å². The quantitative estimate of drug-likeness (QED) is 0.658. The highest BCUT2D eigenvalue weighted by Crippen LogP contribution is 2.28. The lowest BCUT2D eigenvalue weighted by molar-refractivity contribution is -0.120. The topological polar surface area (TPSA) is 107 Å². The number of carbonyl (C=O) groups excluding carboxylic acids is 1. The standard InChI is InChI=1S/C20H23N7O3/c1-29-16-7-15(8-17(9-16)30-2)25-20(28)14-3-5-26(6-4-14)18-10-19(23-12-22-18)27-13-21-11-24-27/h7-14H,3-6H2,1-2H3,(H,25,28). The maximum absolute atomic E-state index is 12.8. The molecule has 30 heavy (non-hydrogen) atoms. The van der Waals surface area contributed by atoms with E-state index in [0.29, 0.717) is 23.0 Å². The van der Waals surface area contributed by atoms with Gasteiger partial charge in [0.25, 0.3) is 0 Å². The molecule has 1 fully saturated rings. The third kappa shape index (κ3) is 4.32. The molecule has 1 aliphatic heterocycles. The highest BCUT2D eigenvalue weighted by molar-refractivity contribution is 5.93. The van der Waals surface area contributed by atoms with E-state index in [-0.39, 0.29) is 11.8 Å². The van der Waals surface area contributed by atoms with Crippen molar-refractivity contribution in [2.24, 2.45) is 5.92 Å². The van der Waals surface area contributed by atoms with Crippen LogP contribution >= 0.6 is 0 Å². The first-order chi connectivity index (χ1) is 14.7. The highest BCUT2D eigenvalue weighted by atomic mass is 16.5. The first-order valence-electron chi connectivity index (χ1n) is 9.62. The van der Waals surface area contributed by atoms with Crippen LogP contribution in [0.15, 0.2) is 43.2 Å². The fourth-order valence-electron chi connectivity index (χ4n) is 3.46. The van der Waals surface area contributed by atoms with Crippen molar-refractivity contribution in [1.82, 2.24) is 24.7 Å². The second-order valence-electron chi connectivity index (χ2n) is 6.93. The largest absolute Gasteiger partial charge is 0.497 e. The first kappa shape index (κ1) is 19.6. The van der Waals surface area contributed by atoms with E-state index in [1.165, 1.54) is 12.7 Å². The summed E-state index contributed by atoms with van der Waals surface area (Å²) in [6.45, 7) is 1.46. The number of hydrogen-bond acceptors (Lipinski definition) is 8. The molecule has 4 rings (SSSR count). The van der Waals surface area contributed by atoms with Crippen molar-refractivity contribution in [3.8, 4) is 17.3 Å². The number of carbonyl (C=O) groups is 1. The minimum atomic E-state index is -0.0740. The molecule has 156 valence electrons. The number of piperidine rings is 1. The second kappa shape index (κ2) is 8.76. The van der Waals surface area contributed by atoms with Crippen molar-refractivity contribution in [3.05, 3.63) is 43.2 Å². The van der Waals surface area contributed by atoms with Crippen LogP contribution in [0.4, 0.5) is 11.5 Å². The lowest BCUT2D eigenvalue weighted by atomic mass is 9.95. The van der Waals surface area contributed by atoms with Crippen molar-refractivity contribution in [3.63, 3.8) is 0 Å². The van der Waals surface area contributed by atoms with Crippen LogP contribution in [0.25, 0.3) is 5.82 Å². The van der Waals surface area contributed by atoms with Crippen molar-refractivity contribution in [2.45, 2.75) is 12.8 Å². The number of hydrogen-bond donors (Lipinski definition) is 1. The Kier molecular flexibility index (Phi) is 5.73. The van der Waals surface area contributed by atoms with Crippen LogP contribution in [-0.4, -0.2) is 57.9 Å². The maximum Gasteiger partial charge on any atom is 0.227 e. The molecule has 10 nitrogen and oxygen atoms in total. The van der Waals surface area contributed by atoms with Crippen LogP contribution in [0.2, 0.25) is 0 Å². The lowest BCUT2D eigenvalue weighted by Gasteiger charge is -2.32. The number of aromatic nitrogens is 5. The highest BCUT2D eigenvalue weighted by Gasteiger charge is 2.26. The molecule has 1 aliphatic rings. The number of rotatable bonds is 6. The molecule has 1 N–H and O–H groups in total. The number of anilines is 2. The number of ether oxygens (including phenoxy) is 2. The number of nitrogens with one attached hydrogen (secondary N) is 1. The van der Waals surface area contributed by atoms with Crippen LogP contribution in [0, 0.1) is 5.92 Å². The zero-order chi connectivity index (χ0) is 20.9.